The van der Waals surface area contributed by atoms with Gasteiger partial charge in [0.2, 0.25) is 0 Å². The second kappa shape index (κ2) is 10.4. The Morgan fingerprint density at radius 3 is 2.76 bits per heavy atom. The molecule has 0 radical (unpaired) electrons. The van der Waals surface area contributed by atoms with E-state index in [-0.39, 0.29) is 11.7 Å². The van der Waals surface area contributed by atoms with Gasteiger partial charge in [-0.15, -0.1) is 11.3 Å². The number of fused-ring (bicyclic) bond motifs is 1. The third-order valence-electron chi connectivity index (χ3n) is 6.32. The summed E-state index contributed by atoms with van der Waals surface area (Å²) in [6.07, 6.45) is 2.16. The number of aromatic nitrogens is 1. The summed E-state index contributed by atoms with van der Waals surface area (Å²) in [5.41, 5.74) is 10.2. The van der Waals surface area contributed by atoms with Gasteiger partial charge in [-0.1, -0.05) is 30.0 Å². The molecular formula is C28H24FN5O3S. The Labute approximate surface area is 222 Å². The van der Waals surface area contributed by atoms with Crippen LogP contribution in [-0.2, 0) is 0 Å². The molecule has 2 aromatic carbocycles. The number of nitrogens with one attached hydrogen (secondary N) is 2. The zero-order chi connectivity index (χ0) is 26.8. The number of benzene rings is 2. The molecule has 1 atom stereocenters. The molecule has 3 heterocycles. The number of carbonyl (C=O) groups is 2. The third kappa shape index (κ3) is 5.10. The first-order valence-corrected chi connectivity index (χ1v) is 12.8. The molecule has 0 aliphatic carbocycles. The van der Waals surface area contributed by atoms with Crippen molar-refractivity contribution in [2.24, 2.45) is 0 Å². The largest absolute Gasteiger partial charge is 0.465 e. The lowest BCUT2D eigenvalue weighted by Crippen LogP contribution is -2.33. The van der Waals surface area contributed by atoms with E-state index in [1.807, 2.05) is 24.4 Å². The molecule has 5 rings (SSSR count). The number of halogens is 1. The summed E-state index contributed by atoms with van der Waals surface area (Å²) in [5.74, 6) is 6.07. The minimum Gasteiger partial charge on any atom is -0.465 e. The van der Waals surface area contributed by atoms with Crippen LogP contribution in [0, 0.1) is 24.6 Å². The quantitative estimate of drug-likeness (QED) is 0.238. The van der Waals surface area contributed by atoms with E-state index in [0.717, 1.165) is 33.2 Å². The fourth-order valence-corrected chi connectivity index (χ4v) is 5.48. The van der Waals surface area contributed by atoms with Crippen LogP contribution in [0.3, 0.4) is 0 Å². The van der Waals surface area contributed by atoms with E-state index in [4.69, 9.17) is 5.73 Å². The standard InChI is InChI=1S/C28H24FN5O3S/c1-16-4-11-22(29)23(13-16)33-27(35)32-19-8-5-17(6-9-19)21-15-38-25-18(14-31-26(30)24(21)25)7-10-20-3-2-12-34(20)28(36)37/h4-6,8-9,11,13-15,20H,2-3,12H2,1H3,(H2,30,31)(H,36,37)(H2,32,33,35)/t20-/m0/s1. The Balaban J connectivity index is 1.36. The molecule has 192 valence electrons. The molecule has 0 spiro atoms. The molecule has 0 saturated carbocycles. The number of carbonyl (C=O) groups excluding carboxylic acids is 1. The maximum absolute atomic E-state index is 14.0. The van der Waals surface area contributed by atoms with Gasteiger partial charge in [-0.2, -0.15) is 0 Å². The van der Waals surface area contributed by atoms with Crippen molar-refractivity contribution in [2.75, 3.05) is 22.9 Å². The van der Waals surface area contributed by atoms with E-state index < -0.39 is 17.9 Å². The average molecular weight is 530 g/mol. The Morgan fingerprint density at radius 2 is 2.00 bits per heavy atom. The van der Waals surface area contributed by atoms with Crippen LogP contribution in [-0.4, -0.2) is 39.7 Å². The lowest BCUT2D eigenvalue weighted by atomic mass is 10.0. The molecule has 0 unspecified atom stereocenters. The molecule has 5 N–H and O–H groups in total. The highest BCUT2D eigenvalue weighted by Crippen LogP contribution is 2.38. The van der Waals surface area contributed by atoms with Crippen LogP contribution in [0.15, 0.2) is 54.0 Å². The van der Waals surface area contributed by atoms with Gasteiger partial charge < -0.3 is 21.5 Å². The van der Waals surface area contributed by atoms with Crippen molar-refractivity contribution in [2.45, 2.75) is 25.8 Å². The van der Waals surface area contributed by atoms with Gasteiger partial charge in [-0.3, -0.25) is 4.90 Å². The molecule has 10 heteroatoms. The van der Waals surface area contributed by atoms with Gasteiger partial charge in [0.05, 0.1) is 22.0 Å². The van der Waals surface area contributed by atoms with E-state index in [1.54, 1.807) is 30.5 Å². The summed E-state index contributed by atoms with van der Waals surface area (Å²) >= 11 is 1.49. The Morgan fingerprint density at radius 1 is 1.21 bits per heavy atom. The lowest BCUT2D eigenvalue weighted by molar-refractivity contribution is 0.148. The van der Waals surface area contributed by atoms with Gasteiger partial charge >= 0.3 is 12.1 Å². The van der Waals surface area contributed by atoms with Gasteiger partial charge in [-0.05, 0) is 60.5 Å². The summed E-state index contributed by atoms with van der Waals surface area (Å²) in [6.45, 7) is 2.30. The predicted octanol–water partition coefficient (Wildman–Crippen LogP) is 6.13. The second-order valence-corrected chi connectivity index (χ2v) is 9.83. The van der Waals surface area contributed by atoms with Gasteiger partial charge in [0.1, 0.15) is 11.6 Å². The number of amides is 3. The number of nitrogens with two attached hydrogens (primary N) is 1. The van der Waals surface area contributed by atoms with Crippen LogP contribution < -0.4 is 16.4 Å². The molecule has 8 nitrogen and oxygen atoms in total. The van der Waals surface area contributed by atoms with E-state index in [0.29, 0.717) is 30.0 Å². The summed E-state index contributed by atoms with van der Waals surface area (Å²) in [6, 6.07) is 10.8. The highest BCUT2D eigenvalue weighted by Gasteiger charge is 2.26. The normalized spacial score (nSPS) is 14.7. The molecule has 1 fully saturated rings. The molecule has 38 heavy (non-hydrogen) atoms. The number of pyridine rings is 1. The topological polar surface area (TPSA) is 121 Å². The fourth-order valence-electron chi connectivity index (χ4n) is 4.43. The molecule has 0 bridgehead atoms. The van der Waals surface area contributed by atoms with Crippen LogP contribution in [0.5, 0.6) is 0 Å². The predicted molar refractivity (Wildman–Crippen MR) is 148 cm³/mol. The minimum atomic E-state index is -0.960. The number of thiophene rings is 1. The maximum Gasteiger partial charge on any atom is 0.408 e. The molecule has 2 aromatic heterocycles. The lowest BCUT2D eigenvalue weighted by Gasteiger charge is -2.15. The highest BCUT2D eigenvalue weighted by atomic mass is 32.1. The number of nitrogens with zero attached hydrogens (tertiary/aromatic N) is 2. The molecule has 1 aliphatic heterocycles. The van der Waals surface area contributed by atoms with Gasteiger partial charge in [0.15, 0.2) is 0 Å². The number of nitrogen functional groups attached to an aromatic ring is 1. The van der Waals surface area contributed by atoms with Crippen LogP contribution >= 0.6 is 11.3 Å². The van der Waals surface area contributed by atoms with Crippen molar-refractivity contribution in [1.82, 2.24) is 9.88 Å². The number of rotatable bonds is 3. The number of urea groups is 1. The van der Waals surface area contributed by atoms with E-state index >= 15 is 0 Å². The summed E-state index contributed by atoms with van der Waals surface area (Å²) in [5, 5.41) is 17.3. The first-order chi connectivity index (χ1) is 18.3. The van der Waals surface area contributed by atoms with Crippen LogP contribution in [0.2, 0.25) is 0 Å². The van der Waals surface area contributed by atoms with Gasteiger partial charge in [-0.25, -0.2) is 19.0 Å². The van der Waals surface area contributed by atoms with Crippen molar-refractivity contribution in [3.05, 3.63) is 71.0 Å². The summed E-state index contributed by atoms with van der Waals surface area (Å²) < 4.78 is 14.8. The Hall–Kier alpha value is -4.62. The molecule has 4 aromatic rings. The number of anilines is 3. The van der Waals surface area contributed by atoms with Crippen LogP contribution in [0.4, 0.5) is 31.2 Å². The van der Waals surface area contributed by atoms with Crippen molar-refractivity contribution in [3.8, 4) is 23.0 Å². The molecule has 1 saturated heterocycles. The van der Waals surface area contributed by atoms with E-state index in [9.17, 15) is 19.1 Å². The molecular weight excluding hydrogens is 505 g/mol. The summed E-state index contributed by atoms with van der Waals surface area (Å²) in [4.78, 5) is 29.5. The van der Waals surface area contributed by atoms with Crippen molar-refractivity contribution in [1.29, 1.82) is 0 Å². The van der Waals surface area contributed by atoms with Crippen LogP contribution in [0.25, 0.3) is 21.2 Å². The number of carboxylic acid groups (broad SMARTS) is 1. The second-order valence-electron chi connectivity index (χ2n) is 8.95. The highest BCUT2D eigenvalue weighted by molar-refractivity contribution is 7.18. The molecule has 3 amide bonds. The number of likely N-dealkylation sites (tertiary alicyclic amines) is 1. The fraction of sp³-hybridized carbons (Fsp3) is 0.179. The Kier molecular flexibility index (Phi) is 6.85. The molecule has 1 aliphatic rings. The van der Waals surface area contributed by atoms with Crippen molar-refractivity contribution in [3.63, 3.8) is 0 Å². The average Bonchev–Trinajstić information content (AvgIpc) is 3.55. The zero-order valence-electron chi connectivity index (χ0n) is 20.4. The van der Waals surface area contributed by atoms with Gasteiger partial charge in [0.25, 0.3) is 0 Å². The minimum absolute atomic E-state index is 0.106. The number of hydrogen-bond acceptors (Lipinski definition) is 5. The van der Waals surface area contributed by atoms with Gasteiger partial charge in [0, 0.05) is 29.4 Å². The monoisotopic (exact) mass is 529 g/mol. The smallest absolute Gasteiger partial charge is 0.408 e. The van der Waals surface area contributed by atoms with E-state index in [2.05, 4.69) is 27.5 Å². The van der Waals surface area contributed by atoms with Crippen molar-refractivity contribution >= 4 is 50.7 Å². The number of aryl methyl sites for hydroxylation is 1. The first-order valence-electron chi connectivity index (χ1n) is 11.9. The first kappa shape index (κ1) is 25.0. The van der Waals surface area contributed by atoms with E-state index in [1.165, 1.54) is 22.3 Å². The zero-order valence-corrected chi connectivity index (χ0v) is 21.2. The number of hydrogen-bond donors (Lipinski definition) is 4. The van der Waals surface area contributed by atoms with Crippen molar-refractivity contribution < 1.29 is 19.1 Å². The third-order valence-corrected chi connectivity index (χ3v) is 7.33. The maximum atomic E-state index is 14.0. The Bertz CT molecular complexity index is 1610. The SMILES string of the molecule is Cc1ccc(F)c(NC(=O)Nc2ccc(-c3csc4c(C#C[C@@H]5CCCN5C(=O)O)cnc(N)c34)cc2)c1. The van der Waals surface area contributed by atoms with Crippen LogP contribution in [0.1, 0.15) is 24.0 Å². The summed E-state index contributed by atoms with van der Waals surface area (Å²) in [7, 11) is 0.